The average molecular weight is 235 g/mol. The smallest absolute Gasteiger partial charge is 0.0379 e. The third-order valence-electron chi connectivity index (χ3n) is 3.41. The van der Waals surface area contributed by atoms with Crippen LogP contribution in [0.5, 0.6) is 0 Å². The van der Waals surface area contributed by atoms with Crippen LogP contribution in [0.25, 0.3) is 0 Å². The second-order valence-electron chi connectivity index (χ2n) is 4.68. The molecule has 1 nitrogen and oxygen atoms in total. The van der Waals surface area contributed by atoms with E-state index in [0.717, 1.165) is 5.25 Å². The average Bonchev–Trinajstić information content (AvgIpc) is 2.33. The molecule has 88 valence electrons. The maximum Gasteiger partial charge on any atom is 0.0379 e. The Balaban J connectivity index is 1.99. The van der Waals surface area contributed by atoms with E-state index in [1.165, 1.54) is 36.9 Å². The molecule has 1 aromatic rings. The van der Waals surface area contributed by atoms with Gasteiger partial charge in [0.25, 0.3) is 0 Å². The third-order valence-corrected chi connectivity index (χ3v) is 4.58. The Morgan fingerprint density at radius 2 is 1.81 bits per heavy atom. The second kappa shape index (κ2) is 5.62. The first-order valence-electron chi connectivity index (χ1n) is 6.15. The molecule has 1 aliphatic rings. The molecule has 0 heterocycles. The number of rotatable bonds is 3. The van der Waals surface area contributed by atoms with Crippen molar-refractivity contribution in [3.8, 4) is 0 Å². The van der Waals surface area contributed by atoms with Crippen LogP contribution in [-0.2, 0) is 0 Å². The molecule has 0 amide bonds. The van der Waals surface area contributed by atoms with E-state index in [-0.39, 0.29) is 0 Å². The van der Waals surface area contributed by atoms with Crippen molar-refractivity contribution in [3.05, 3.63) is 29.8 Å². The zero-order chi connectivity index (χ0) is 11.4. The van der Waals surface area contributed by atoms with Gasteiger partial charge in [0.2, 0.25) is 0 Å². The molecule has 16 heavy (non-hydrogen) atoms. The van der Waals surface area contributed by atoms with Gasteiger partial charge in [0, 0.05) is 17.0 Å². The Hall–Kier alpha value is -0.630. The number of thioether (sulfide) groups is 1. The lowest BCUT2D eigenvalue weighted by atomic mass is 9.94. The Morgan fingerprint density at radius 1 is 1.12 bits per heavy atom. The van der Waals surface area contributed by atoms with Crippen molar-refractivity contribution >= 4 is 17.4 Å². The summed E-state index contributed by atoms with van der Waals surface area (Å²) in [4.78, 5) is 0. The molecular formula is C14H21NS. The van der Waals surface area contributed by atoms with Crippen LogP contribution in [0, 0.1) is 6.92 Å². The second-order valence-corrected chi connectivity index (χ2v) is 5.75. The number of hydrogen-bond donors (Lipinski definition) is 1. The Labute approximate surface area is 103 Å². The summed E-state index contributed by atoms with van der Waals surface area (Å²) in [6.45, 7) is 2.13. The van der Waals surface area contributed by atoms with Crippen LogP contribution in [0.1, 0.15) is 31.2 Å². The van der Waals surface area contributed by atoms with E-state index in [9.17, 15) is 0 Å². The predicted octanol–water partition coefficient (Wildman–Crippen LogP) is 4.08. The van der Waals surface area contributed by atoms with Gasteiger partial charge in [-0.1, -0.05) is 30.5 Å². The fraction of sp³-hybridized carbons (Fsp3) is 0.571. The van der Waals surface area contributed by atoms with E-state index in [0.29, 0.717) is 6.04 Å². The summed E-state index contributed by atoms with van der Waals surface area (Å²) in [7, 11) is 0. The van der Waals surface area contributed by atoms with Crippen molar-refractivity contribution in [2.45, 2.75) is 43.9 Å². The Bertz CT molecular complexity index is 320. The largest absolute Gasteiger partial charge is 0.381 e. The lowest BCUT2D eigenvalue weighted by molar-refractivity contribution is 0.475. The van der Waals surface area contributed by atoms with Gasteiger partial charge in [-0.15, -0.1) is 0 Å². The van der Waals surface area contributed by atoms with E-state index < -0.39 is 0 Å². The van der Waals surface area contributed by atoms with E-state index >= 15 is 0 Å². The van der Waals surface area contributed by atoms with Crippen LogP contribution in [0.4, 0.5) is 5.69 Å². The van der Waals surface area contributed by atoms with Crippen LogP contribution < -0.4 is 5.32 Å². The molecule has 2 unspecified atom stereocenters. The number of hydrogen-bond acceptors (Lipinski definition) is 2. The molecular weight excluding hydrogens is 214 g/mol. The number of anilines is 1. The predicted molar refractivity (Wildman–Crippen MR) is 74.4 cm³/mol. The van der Waals surface area contributed by atoms with Gasteiger partial charge in [-0.05, 0) is 38.2 Å². The molecule has 1 fully saturated rings. The van der Waals surface area contributed by atoms with Gasteiger partial charge < -0.3 is 5.32 Å². The summed E-state index contributed by atoms with van der Waals surface area (Å²) >= 11 is 2.01. The molecule has 1 N–H and O–H groups in total. The molecule has 1 aliphatic carbocycles. The van der Waals surface area contributed by atoms with Crippen molar-refractivity contribution in [3.63, 3.8) is 0 Å². The van der Waals surface area contributed by atoms with Crippen LogP contribution >= 0.6 is 11.8 Å². The van der Waals surface area contributed by atoms with Crippen LogP contribution in [0.15, 0.2) is 24.3 Å². The molecule has 2 rings (SSSR count). The first-order valence-corrected chi connectivity index (χ1v) is 7.44. The minimum Gasteiger partial charge on any atom is -0.381 e. The number of nitrogens with one attached hydrogen (secondary N) is 1. The Kier molecular flexibility index (Phi) is 4.16. The number of aryl methyl sites for hydroxylation is 1. The highest BCUT2D eigenvalue weighted by atomic mass is 32.2. The fourth-order valence-corrected chi connectivity index (χ4v) is 3.34. The van der Waals surface area contributed by atoms with Gasteiger partial charge in [-0.3, -0.25) is 0 Å². The highest BCUT2D eigenvalue weighted by molar-refractivity contribution is 7.99. The lowest BCUT2D eigenvalue weighted by Crippen LogP contribution is -2.34. The highest BCUT2D eigenvalue weighted by Crippen LogP contribution is 2.29. The first-order chi connectivity index (χ1) is 7.79. The normalized spacial score (nSPS) is 25.4. The van der Waals surface area contributed by atoms with Crippen molar-refractivity contribution in [1.29, 1.82) is 0 Å². The molecule has 0 saturated heterocycles. The summed E-state index contributed by atoms with van der Waals surface area (Å²) in [6.07, 6.45) is 7.70. The summed E-state index contributed by atoms with van der Waals surface area (Å²) in [5.41, 5.74) is 2.60. The fourth-order valence-electron chi connectivity index (χ4n) is 2.41. The molecule has 2 atom stereocenters. The highest BCUT2D eigenvalue weighted by Gasteiger charge is 2.23. The van der Waals surface area contributed by atoms with E-state index in [1.807, 2.05) is 11.8 Å². The number of benzene rings is 1. The van der Waals surface area contributed by atoms with Crippen molar-refractivity contribution in [2.75, 3.05) is 11.6 Å². The van der Waals surface area contributed by atoms with Gasteiger partial charge in [0.15, 0.2) is 0 Å². The van der Waals surface area contributed by atoms with Crippen molar-refractivity contribution < 1.29 is 0 Å². The molecule has 1 saturated carbocycles. The summed E-state index contributed by atoms with van der Waals surface area (Å²) < 4.78 is 0. The van der Waals surface area contributed by atoms with Gasteiger partial charge >= 0.3 is 0 Å². The molecule has 2 heteroatoms. The van der Waals surface area contributed by atoms with E-state index in [2.05, 4.69) is 42.8 Å². The quantitative estimate of drug-likeness (QED) is 0.847. The third kappa shape index (κ3) is 2.94. The topological polar surface area (TPSA) is 12.0 Å². The monoisotopic (exact) mass is 235 g/mol. The standard InChI is InChI=1S/C14H21NS/c1-11-7-9-12(10-8-11)15-13-5-3-4-6-14(13)16-2/h7-10,13-15H,3-6H2,1-2H3. The van der Waals surface area contributed by atoms with Gasteiger partial charge in [0.05, 0.1) is 0 Å². The first kappa shape index (κ1) is 11.8. The van der Waals surface area contributed by atoms with Crippen molar-refractivity contribution in [2.24, 2.45) is 0 Å². The molecule has 0 spiro atoms. The van der Waals surface area contributed by atoms with Crippen LogP contribution in [0.3, 0.4) is 0 Å². The molecule has 0 aliphatic heterocycles. The van der Waals surface area contributed by atoms with Crippen LogP contribution in [0.2, 0.25) is 0 Å². The summed E-state index contributed by atoms with van der Waals surface area (Å²) in [5.74, 6) is 0. The van der Waals surface area contributed by atoms with Crippen molar-refractivity contribution in [1.82, 2.24) is 0 Å². The van der Waals surface area contributed by atoms with Gasteiger partial charge in [-0.25, -0.2) is 0 Å². The molecule has 0 radical (unpaired) electrons. The maximum absolute atomic E-state index is 3.69. The maximum atomic E-state index is 3.69. The zero-order valence-electron chi connectivity index (χ0n) is 10.2. The summed E-state index contributed by atoms with van der Waals surface area (Å²) in [6, 6.07) is 9.41. The molecule has 1 aromatic carbocycles. The Morgan fingerprint density at radius 3 is 2.50 bits per heavy atom. The SMILES string of the molecule is CSC1CCCCC1Nc1ccc(C)cc1. The van der Waals surface area contributed by atoms with E-state index in [4.69, 9.17) is 0 Å². The minimum absolute atomic E-state index is 0.659. The molecule has 0 aromatic heterocycles. The van der Waals surface area contributed by atoms with Gasteiger partial charge in [-0.2, -0.15) is 11.8 Å². The van der Waals surface area contributed by atoms with Gasteiger partial charge in [0.1, 0.15) is 0 Å². The van der Waals surface area contributed by atoms with E-state index in [1.54, 1.807) is 0 Å². The van der Waals surface area contributed by atoms with Crippen LogP contribution in [-0.4, -0.2) is 17.5 Å². The lowest BCUT2D eigenvalue weighted by Gasteiger charge is -2.31. The summed E-state index contributed by atoms with van der Waals surface area (Å²) in [5, 5.41) is 4.48. The zero-order valence-corrected chi connectivity index (χ0v) is 11.0. The molecule has 0 bridgehead atoms. The minimum atomic E-state index is 0.659.